The number of aromatic nitrogens is 1. The highest BCUT2D eigenvalue weighted by Gasteiger charge is 2.43. The number of sulfone groups is 1. The lowest BCUT2D eigenvalue weighted by molar-refractivity contribution is -0.101. The van der Waals surface area contributed by atoms with Crippen molar-refractivity contribution in [1.29, 1.82) is 0 Å². The van der Waals surface area contributed by atoms with Crippen molar-refractivity contribution < 1.29 is 17.9 Å². The average Bonchev–Trinajstić information content (AvgIpc) is 2.52. The molecule has 1 aromatic heterocycles. The van der Waals surface area contributed by atoms with Crippen LogP contribution in [0.1, 0.15) is 37.7 Å². The van der Waals surface area contributed by atoms with Crippen molar-refractivity contribution in [1.82, 2.24) is 9.88 Å². The number of pyridine rings is 1. The normalized spacial score (nSPS) is 22.7. The maximum Gasteiger partial charge on any atom is 0.212 e. The highest BCUT2D eigenvalue weighted by Crippen LogP contribution is 2.31. The summed E-state index contributed by atoms with van der Waals surface area (Å²) in [5.41, 5.74) is -0.472. The Balaban J connectivity index is 1.51. The van der Waals surface area contributed by atoms with Gasteiger partial charge in [0.2, 0.25) is 5.95 Å². The van der Waals surface area contributed by atoms with Crippen LogP contribution in [0, 0.1) is 5.95 Å². The third-order valence-electron chi connectivity index (χ3n) is 4.99. The van der Waals surface area contributed by atoms with Crippen molar-refractivity contribution in [2.75, 3.05) is 25.4 Å². The van der Waals surface area contributed by atoms with Gasteiger partial charge >= 0.3 is 0 Å². The number of halogens is 1. The lowest BCUT2D eigenvalue weighted by Gasteiger charge is -2.46. The van der Waals surface area contributed by atoms with E-state index in [0.717, 1.165) is 32.1 Å². The molecular weight excluding hydrogens is 319 g/mol. The van der Waals surface area contributed by atoms with Gasteiger partial charge in [-0.1, -0.05) is 19.3 Å². The molecule has 1 saturated heterocycles. The second-order valence-electron chi connectivity index (χ2n) is 6.74. The van der Waals surface area contributed by atoms with Crippen LogP contribution in [0.5, 0.6) is 0 Å². The molecule has 0 amide bonds. The molecular formula is C16H23FN2O3S. The summed E-state index contributed by atoms with van der Waals surface area (Å²) < 4.78 is 37.5. The fourth-order valence-electron chi connectivity index (χ4n) is 3.53. The Kier molecular flexibility index (Phi) is 4.71. The number of nitrogens with zero attached hydrogens (tertiary/aromatic N) is 2. The Labute approximate surface area is 136 Å². The van der Waals surface area contributed by atoms with Crippen LogP contribution in [0.15, 0.2) is 18.3 Å². The van der Waals surface area contributed by atoms with Crippen LogP contribution in [-0.4, -0.2) is 54.0 Å². The van der Waals surface area contributed by atoms with E-state index in [4.69, 9.17) is 0 Å². The highest BCUT2D eigenvalue weighted by molar-refractivity contribution is 7.92. The van der Waals surface area contributed by atoms with Crippen LogP contribution in [-0.2, 0) is 15.4 Å². The van der Waals surface area contributed by atoms with Crippen LogP contribution in [0.4, 0.5) is 4.39 Å². The summed E-state index contributed by atoms with van der Waals surface area (Å²) >= 11 is 0. The average molecular weight is 342 g/mol. The van der Waals surface area contributed by atoms with Crippen molar-refractivity contribution >= 4 is 9.84 Å². The van der Waals surface area contributed by atoms with E-state index < -0.39 is 21.4 Å². The van der Waals surface area contributed by atoms with Crippen LogP contribution in [0.3, 0.4) is 0 Å². The van der Waals surface area contributed by atoms with Crippen LogP contribution >= 0.6 is 0 Å². The van der Waals surface area contributed by atoms with Crippen molar-refractivity contribution in [2.45, 2.75) is 43.0 Å². The SMILES string of the molecule is O=S(=O)(CCN1CC(O)(c2ccc(F)nc2)C1)C1CCCCC1. The zero-order chi connectivity index (χ0) is 16.5. The van der Waals surface area contributed by atoms with Crippen molar-refractivity contribution in [3.05, 3.63) is 29.8 Å². The largest absolute Gasteiger partial charge is 0.382 e. The first-order valence-corrected chi connectivity index (χ1v) is 9.89. The lowest BCUT2D eigenvalue weighted by Crippen LogP contribution is -2.60. The predicted molar refractivity (Wildman–Crippen MR) is 85.2 cm³/mol. The van der Waals surface area contributed by atoms with E-state index in [-0.39, 0.29) is 11.0 Å². The zero-order valence-electron chi connectivity index (χ0n) is 13.1. The van der Waals surface area contributed by atoms with Crippen molar-refractivity contribution in [2.24, 2.45) is 0 Å². The summed E-state index contributed by atoms with van der Waals surface area (Å²) in [5.74, 6) is -0.429. The summed E-state index contributed by atoms with van der Waals surface area (Å²) in [6, 6.07) is 2.75. The van der Waals surface area contributed by atoms with E-state index in [0.29, 0.717) is 25.2 Å². The number of β-amino-alcohol motifs (C(OH)–C–C–N with tert-alkyl or cyclic N) is 1. The second-order valence-corrected chi connectivity index (χ2v) is 9.14. The first kappa shape index (κ1) is 16.8. The van der Waals surface area contributed by atoms with Gasteiger partial charge in [-0.05, 0) is 25.0 Å². The molecule has 0 unspecified atom stereocenters. The standard InChI is InChI=1S/C16H23FN2O3S/c17-15-7-6-13(10-18-15)16(20)11-19(12-16)8-9-23(21,22)14-4-2-1-3-5-14/h6-7,10,14,20H,1-5,8-9,11-12H2. The van der Waals surface area contributed by atoms with E-state index in [1.807, 2.05) is 4.90 Å². The minimum atomic E-state index is -3.05. The molecule has 1 aromatic rings. The summed E-state index contributed by atoms with van der Waals surface area (Å²) in [5, 5.41) is 10.3. The molecule has 128 valence electrons. The molecule has 23 heavy (non-hydrogen) atoms. The first-order valence-electron chi connectivity index (χ1n) is 8.17. The van der Waals surface area contributed by atoms with Crippen molar-refractivity contribution in [3.63, 3.8) is 0 Å². The third-order valence-corrected chi connectivity index (χ3v) is 7.23. The predicted octanol–water partition coefficient (Wildman–Crippen LogP) is 1.47. The molecule has 2 heterocycles. The van der Waals surface area contributed by atoms with Gasteiger partial charge in [0.15, 0.2) is 9.84 Å². The first-order chi connectivity index (χ1) is 10.9. The number of hydrogen-bond acceptors (Lipinski definition) is 5. The summed E-state index contributed by atoms with van der Waals surface area (Å²) in [7, 11) is -3.05. The van der Waals surface area contributed by atoms with Gasteiger partial charge in [0.05, 0.1) is 11.0 Å². The quantitative estimate of drug-likeness (QED) is 0.821. The van der Waals surface area contributed by atoms with Crippen LogP contribution in [0.25, 0.3) is 0 Å². The summed E-state index contributed by atoms with van der Waals surface area (Å²) in [6.45, 7) is 1.16. The molecule has 0 atom stereocenters. The number of hydrogen-bond donors (Lipinski definition) is 1. The minimum absolute atomic E-state index is 0.148. The molecule has 1 aliphatic carbocycles. The molecule has 3 rings (SSSR count). The van der Waals surface area contributed by atoms with Crippen molar-refractivity contribution in [3.8, 4) is 0 Å². The molecule has 1 aliphatic heterocycles. The number of aliphatic hydroxyl groups is 1. The molecule has 7 heteroatoms. The Hall–Kier alpha value is -1.05. The monoisotopic (exact) mass is 342 g/mol. The van der Waals surface area contributed by atoms with Gasteiger partial charge in [-0.15, -0.1) is 0 Å². The van der Waals surface area contributed by atoms with Gasteiger partial charge in [-0.25, -0.2) is 13.4 Å². The van der Waals surface area contributed by atoms with Gasteiger partial charge in [0.1, 0.15) is 5.60 Å². The van der Waals surface area contributed by atoms with E-state index in [1.165, 1.54) is 18.3 Å². The zero-order valence-corrected chi connectivity index (χ0v) is 13.9. The molecule has 2 fully saturated rings. The van der Waals surface area contributed by atoms with Gasteiger partial charge in [0, 0.05) is 31.4 Å². The van der Waals surface area contributed by atoms with Gasteiger partial charge < -0.3 is 5.11 Å². The topological polar surface area (TPSA) is 70.5 Å². The Morgan fingerprint density at radius 1 is 1.26 bits per heavy atom. The molecule has 0 aromatic carbocycles. The maximum atomic E-state index is 12.8. The van der Waals surface area contributed by atoms with E-state index in [2.05, 4.69) is 4.98 Å². The second kappa shape index (κ2) is 6.45. The Morgan fingerprint density at radius 3 is 2.57 bits per heavy atom. The van der Waals surface area contributed by atoms with Gasteiger partial charge in [0.25, 0.3) is 0 Å². The van der Waals surface area contributed by atoms with Gasteiger partial charge in [-0.3, -0.25) is 4.90 Å². The number of rotatable bonds is 5. The molecule has 0 bridgehead atoms. The summed E-state index contributed by atoms with van der Waals surface area (Å²) in [6.07, 6.45) is 6.05. The van der Waals surface area contributed by atoms with E-state index in [9.17, 15) is 17.9 Å². The molecule has 1 saturated carbocycles. The minimum Gasteiger partial charge on any atom is -0.382 e. The van der Waals surface area contributed by atoms with E-state index >= 15 is 0 Å². The molecule has 1 N–H and O–H groups in total. The fraction of sp³-hybridized carbons (Fsp3) is 0.688. The maximum absolute atomic E-state index is 12.8. The smallest absolute Gasteiger partial charge is 0.212 e. The third kappa shape index (κ3) is 3.72. The van der Waals surface area contributed by atoms with Crippen LogP contribution in [0.2, 0.25) is 0 Å². The molecule has 2 aliphatic rings. The highest BCUT2D eigenvalue weighted by atomic mass is 32.2. The molecule has 5 nitrogen and oxygen atoms in total. The Bertz CT molecular complexity index is 636. The van der Waals surface area contributed by atoms with Crippen LogP contribution < -0.4 is 0 Å². The molecule has 0 radical (unpaired) electrons. The number of likely N-dealkylation sites (tertiary alicyclic amines) is 1. The van der Waals surface area contributed by atoms with Gasteiger partial charge in [-0.2, -0.15) is 4.39 Å². The van der Waals surface area contributed by atoms with E-state index in [1.54, 1.807) is 0 Å². The fourth-order valence-corrected chi connectivity index (χ4v) is 5.43. The Morgan fingerprint density at radius 2 is 1.96 bits per heavy atom. The lowest BCUT2D eigenvalue weighted by atomic mass is 9.87. The summed E-state index contributed by atoms with van der Waals surface area (Å²) in [4.78, 5) is 5.48. The molecule has 0 spiro atoms.